The molecule has 4 rings (SSSR count). The van der Waals surface area contributed by atoms with Gasteiger partial charge in [-0.15, -0.1) is 0 Å². The zero-order valence-electron chi connectivity index (χ0n) is 23.7. The normalized spacial score (nSPS) is 15.2. The highest BCUT2D eigenvalue weighted by Crippen LogP contribution is 2.27. The van der Waals surface area contributed by atoms with Gasteiger partial charge in [0.05, 0.1) is 19.1 Å². The van der Waals surface area contributed by atoms with E-state index in [2.05, 4.69) is 23.7 Å². The minimum absolute atomic E-state index is 0.0719. The summed E-state index contributed by atoms with van der Waals surface area (Å²) >= 11 is 0. The van der Waals surface area contributed by atoms with Crippen molar-refractivity contribution in [3.8, 4) is 5.75 Å². The number of methoxy groups -OCH3 is 1. The summed E-state index contributed by atoms with van der Waals surface area (Å²) in [6.07, 6.45) is 4.92. The first kappa shape index (κ1) is 29.2. The first-order chi connectivity index (χ1) is 19.4. The van der Waals surface area contributed by atoms with Crippen molar-refractivity contribution in [3.63, 3.8) is 0 Å². The van der Waals surface area contributed by atoms with E-state index in [9.17, 15) is 14.0 Å². The van der Waals surface area contributed by atoms with Crippen LogP contribution in [-0.4, -0.2) is 66.4 Å². The number of hydrogen-bond acceptors (Lipinski definition) is 5. The Morgan fingerprint density at radius 1 is 1.00 bits per heavy atom. The van der Waals surface area contributed by atoms with Crippen molar-refractivity contribution < 1.29 is 18.7 Å². The molecule has 3 aromatic rings. The molecule has 1 aromatic heterocycles. The second-order valence-electron chi connectivity index (χ2n) is 10.7. The van der Waals surface area contributed by atoms with Crippen LogP contribution in [0.25, 0.3) is 0 Å². The number of nitrogens with zero attached hydrogens (tertiary/aromatic N) is 4. The number of para-hydroxylation sites is 1. The van der Waals surface area contributed by atoms with Gasteiger partial charge in [0.1, 0.15) is 11.6 Å². The van der Waals surface area contributed by atoms with Gasteiger partial charge >= 0.3 is 0 Å². The molecule has 0 aliphatic carbocycles. The maximum absolute atomic E-state index is 14.6. The lowest BCUT2D eigenvalue weighted by Crippen LogP contribution is -2.40. The van der Waals surface area contributed by atoms with E-state index in [4.69, 9.17) is 4.74 Å². The molecule has 0 bridgehead atoms. The van der Waals surface area contributed by atoms with E-state index in [-0.39, 0.29) is 24.8 Å². The fourth-order valence-corrected chi connectivity index (χ4v) is 5.29. The monoisotopic (exact) mass is 546 g/mol. The summed E-state index contributed by atoms with van der Waals surface area (Å²) in [6, 6.07) is 15.4. The van der Waals surface area contributed by atoms with Gasteiger partial charge in [-0.05, 0) is 73.8 Å². The van der Waals surface area contributed by atoms with Crippen LogP contribution in [0.4, 0.5) is 10.1 Å². The van der Waals surface area contributed by atoms with Gasteiger partial charge in [0.2, 0.25) is 5.91 Å². The lowest BCUT2D eigenvalue weighted by molar-refractivity contribution is -0.131. The van der Waals surface area contributed by atoms with Crippen molar-refractivity contribution in [2.45, 2.75) is 39.7 Å². The number of pyridine rings is 1. The van der Waals surface area contributed by atoms with Gasteiger partial charge in [-0.25, -0.2) is 4.39 Å². The average Bonchev–Trinajstić information content (AvgIpc) is 2.94. The molecule has 0 N–H and O–H groups in total. The molecule has 212 valence electrons. The van der Waals surface area contributed by atoms with Crippen LogP contribution < -0.4 is 9.64 Å². The van der Waals surface area contributed by atoms with E-state index in [0.717, 1.165) is 38.0 Å². The number of anilines is 1. The third kappa shape index (κ3) is 7.66. The molecule has 8 heteroatoms. The summed E-state index contributed by atoms with van der Waals surface area (Å²) in [5, 5.41) is 0. The Balaban J connectivity index is 1.70. The van der Waals surface area contributed by atoms with Crippen LogP contribution in [0.5, 0.6) is 5.75 Å². The van der Waals surface area contributed by atoms with E-state index in [1.807, 2.05) is 24.3 Å². The molecule has 1 aliphatic rings. The second-order valence-corrected chi connectivity index (χ2v) is 10.7. The highest BCUT2D eigenvalue weighted by atomic mass is 19.1. The zero-order chi connectivity index (χ0) is 28.5. The van der Waals surface area contributed by atoms with Crippen molar-refractivity contribution in [3.05, 3.63) is 89.5 Å². The topological polar surface area (TPSA) is 66.0 Å². The summed E-state index contributed by atoms with van der Waals surface area (Å²) < 4.78 is 20.1. The molecule has 0 fully saturated rings. The minimum Gasteiger partial charge on any atom is -0.496 e. The molecule has 40 heavy (non-hydrogen) atoms. The molecule has 2 heterocycles. The van der Waals surface area contributed by atoms with E-state index < -0.39 is 5.82 Å². The molecule has 0 saturated carbocycles. The lowest BCUT2D eigenvalue weighted by atomic mass is 10.1. The van der Waals surface area contributed by atoms with E-state index in [1.165, 1.54) is 12.1 Å². The fourth-order valence-electron chi connectivity index (χ4n) is 5.29. The SMILES string of the molecule is COc1ccccc1CC(=O)N1CCCN(CC(C)C)CCCN(C(=O)c2cccnc2)c2ccc(F)cc2C1. The largest absolute Gasteiger partial charge is 0.496 e. The van der Waals surface area contributed by atoms with Gasteiger partial charge in [-0.2, -0.15) is 0 Å². The lowest BCUT2D eigenvalue weighted by Gasteiger charge is -2.32. The molecule has 7 nitrogen and oxygen atoms in total. The van der Waals surface area contributed by atoms with Gasteiger partial charge in [-0.3, -0.25) is 14.6 Å². The standard InChI is InChI=1S/C32H39FN4O3/c1-24(2)22-35-15-7-17-36(31(38)20-25-9-4-5-11-30(25)40-3)23-27-19-28(33)12-13-29(27)37(18-8-16-35)32(39)26-10-6-14-34-21-26/h4-6,9-14,19,21,24H,7-8,15-18,20,22-23H2,1-3H3. The summed E-state index contributed by atoms with van der Waals surface area (Å²) in [6.45, 7) is 8.18. The minimum atomic E-state index is -0.403. The third-order valence-corrected chi connectivity index (χ3v) is 7.12. The molecule has 1 aliphatic heterocycles. The maximum Gasteiger partial charge on any atom is 0.259 e. The molecule has 0 atom stereocenters. The molecule has 0 radical (unpaired) electrons. The Labute approximate surface area is 236 Å². The van der Waals surface area contributed by atoms with E-state index in [1.54, 1.807) is 47.5 Å². The third-order valence-electron chi connectivity index (χ3n) is 7.12. The van der Waals surface area contributed by atoms with Gasteiger partial charge < -0.3 is 19.4 Å². The van der Waals surface area contributed by atoms with Crippen molar-refractivity contribution in [2.24, 2.45) is 5.92 Å². The number of rotatable bonds is 6. The Kier molecular flexibility index (Phi) is 10.2. The van der Waals surface area contributed by atoms with Crippen molar-refractivity contribution in [1.82, 2.24) is 14.8 Å². The Hall–Kier alpha value is -3.78. The van der Waals surface area contributed by atoms with Crippen LogP contribution in [0, 0.1) is 11.7 Å². The number of halogens is 1. The number of amides is 2. The molecule has 0 unspecified atom stereocenters. The Morgan fingerprint density at radius 3 is 2.50 bits per heavy atom. The van der Waals surface area contributed by atoms with E-state index in [0.29, 0.717) is 41.6 Å². The first-order valence-electron chi connectivity index (χ1n) is 14.0. The van der Waals surface area contributed by atoms with Crippen LogP contribution in [0.15, 0.2) is 67.0 Å². The van der Waals surface area contributed by atoms with Crippen LogP contribution >= 0.6 is 0 Å². The number of benzene rings is 2. The van der Waals surface area contributed by atoms with Gasteiger partial charge in [0, 0.05) is 49.8 Å². The molecular weight excluding hydrogens is 507 g/mol. The van der Waals surface area contributed by atoms with Crippen molar-refractivity contribution >= 4 is 17.5 Å². The first-order valence-corrected chi connectivity index (χ1v) is 14.0. The van der Waals surface area contributed by atoms with Gasteiger partial charge in [0.15, 0.2) is 0 Å². The zero-order valence-corrected chi connectivity index (χ0v) is 23.7. The molecule has 2 aromatic carbocycles. The van der Waals surface area contributed by atoms with Crippen LogP contribution in [-0.2, 0) is 17.8 Å². The molecule has 0 spiro atoms. The quantitative estimate of drug-likeness (QED) is 0.425. The summed E-state index contributed by atoms with van der Waals surface area (Å²) in [4.78, 5) is 37.5. The summed E-state index contributed by atoms with van der Waals surface area (Å²) in [5.41, 5.74) is 2.48. The maximum atomic E-state index is 14.6. The summed E-state index contributed by atoms with van der Waals surface area (Å²) in [5.74, 6) is 0.485. The van der Waals surface area contributed by atoms with Gasteiger partial charge in [-0.1, -0.05) is 32.0 Å². The number of carbonyl (C=O) groups excluding carboxylic acids is 2. The average molecular weight is 547 g/mol. The number of fused-ring (bicyclic) bond motifs is 1. The Morgan fingerprint density at radius 2 is 1.77 bits per heavy atom. The predicted molar refractivity (Wildman–Crippen MR) is 155 cm³/mol. The number of ether oxygens (including phenoxy) is 1. The Bertz CT molecular complexity index is 1280. The summed E-state index contributed by atoms with van der Waals surface area (Å²) in [7, 11) is 1.59. The van der Waals surface area contributed by atoms with Crippen LogP contribution in [0.1, 0.15) is 48.2 Å². The van der Waals surface area contributed by atoms with Gasteiger partial charge in [0.25, 0.3) is 5.91 Å². The number of aromatic nitrogens is 1. The highest BCUT2D eigenvalue weighted by molar-refractivity contribution is 6.06. The number of hydrogen-bond donors (Lipinski definition) is 0. The number of carbonyl (C=O) groups is 2. The molecule has 0 saturated heterocycles. The fraction of sp³-hybridized carbons (Fsp3) is 0.406. The molecular formula is C32H39FN4O3. The smallest absolute Gasteiger partial charge is 0.259 e. The van der Waals surface area contributed by atoms with Crippen molar-refractivity contribution in [1.29, 1.82) is 0 Å². The highest BCUT2D eigenvalue weighted by Gasteiger charge is 2.25. The van der Waals surface area contributed by atoms with Crippen LogP contribution in [0.2, 0.25) is 0 Å². The van der Waals surface area contributed by atoms with Crippen molar-refractivity contribution in [2.75, 3.05) is 44.7 Å². The molecule has 2 amide bonds. The predicted octanol–water partition coefficient (Wildman–Crippen LogP) is 5.20. The van der Waals surface area contributed by atoms with Crippen LogP contribution in [0.3, 0.4) is 0 Å². The van der Waals surface area contributed by atoms with E-state index >= 15 is 0 Å². The second kappa shape index (κ2) is 14.0.